The quantitative estimate of drug-likeness (QED) is 0.432. The Labute approximate surface area is 207 Å². The number of aryl methyl sites for hydroxylation is 1. The molecule has 1 N–H and O–H groups in total. The van der Waals surface area contributed by atoms with Gasteiger partial charge in [-0.25, -0.2) is 4.98 Å². The molecular formula is C27H30N4O3S. The Balaban J connectivity index is 1.54. The second-order valence-electron chi connectivity index (χ2n) is 9.85. The van der Waals surface area contributed by atoms with Crippen LogP contribution >= 0.6 is 11.5 Å². The molecule has 4 heterocycles. The smallest absolute Gasteiger partial charge is 0.275 e. The molecule has 7 nitrogen and oxygen atoms in total. The summed E-state index contributed by atoms with van der Waals surface area (Å²) in [7, 11) is 0. The molecule has 1 saturated heterocycles. The molecule has 1 atom stereocenters. The minimum atomic E-state index is -0.251. The summed E-state index contributed by atoms with van der Waals surface area (Å²) >= 11 is 1.43. The fourth-order valence-electron chi connectivity index (χ4n) is 5.35. The van der Waals surface area contributed by atoms with Gasteiger partial charge in [0.25, 0.3) is 11.1 Å². The molecule has 2 aliphatic rings. The highest BCUT2D eigenvalue weighted by molar-refractivity contribution is 7.14. The van der Waals surface area contributed by atoms with Crippen molar-refractivity contribution in [1.82, 2.24) is 18.8 Å². The lowest BCUT2D eigenvalue weighted by Gasteiger charge is -2.27. The molecule has 0 amide bonds. The van der Waals surface area contributed by atoms with Crippen molar-refractivity contribution in [3.05, 3.63) is 56.6 Å². The monoisotopic (exact) mass is 490 g/mol. The van der Waals surface area contributed by atoms with Crippen molar-refractivity contribution >= 4 is 32.7 Å². The van der Waals surface area contributed by atoms with Crippen molar-refractivity contribution in [1.29, 1.82) is 0 Å². The van der Waals surface area contributed by atoms with Gasteiger partial charge in [-0.15, -0.1) is 0 Å². The SMILES string of the molecule is C[C@@H]1CCCCn2sc3c(cccc3c2=O)-c2nc3c(cc(CN4CCCCC4)cc3[nH]c2=O)O1. The van der Waals surface area contributed by atoms with Crippen LogP contribution in [0.15, 0.2) is 39.9 Å². The first-order valence-corrected chi connectivity index (χ1v) is 13.4. The summed E-state index contributed by atoms with van der Waals surface area (Å²) in [5.74, 6) is 0.717. The minimum Gasteiger partial charge on any atom is -0.488 e. The number of aromatic nitrogens is 3. The summed E-state index contributed by atoms with van der Waals surface area (Å²) in [6.45, 7) is 5.79. The van der Waals surface area contributed by atoms with Crippen LogP contribution in [0.25, 0.3) is 32.4 Å². The largest absolute Gasteiger partial charge is 0.488 e. The van der Waals surface area contributed by atoms with Crippen molar-refractivity contribution in [3.63, 3.8) is 0 Å². The van der Waals surface area contributed by atoms with Crippen LogP contribution in [-0.2, 0) is 13.1 Å². The fourth-order valence-corrected chi connectivity index (χ4v) is 6.48. The molecule has 0 radical (unpaired) electrons. The summed E-state index contributed by atoms with van der Waals surface area (Å²) < 4.78 is 9.07. The highest BCUT2D eigenvalue weighted by Gasteiger charge is 2.20. The Morgan fingerprint density at radius 2 is 1.91 bits per heavy atom. The van der Waals surface area contributed by atoms with E-state index < -0.39 is 0 Å². The maximum atomic E-state index is 13.3. The zero-order chi connectivity index (χ0) is 23.9. The molecule has 182 valence electrons. The molecule has 4 aromatic rings. The van der Waals surface area contributed by atoms with E-state index in [1.54, 1.807) is 3.96 Å². The third-order valence-corrected chi connectivity index (χ3v) is 8.35. The second-order valence-corrected chi connectivity index (χ2v) is 10.9. The molecule has 2 aromatic heterocycles. The molecule has 1 fully saturated rings. The van der Waals surface area contributed by atoms with Crippen molar-refractivity contribution < 1.29 is 4.74 Å². The molecule has 2 aliphatic heterocycles. The number of hydrogen-bond donors (Lipinski definition) is 1. The number of aromatic amines is 1. The highest BCUT2D eigenvalue weighted by Crippen LogP contribution is 2.32. The molecule has 2 aromatic carbocycles. The molecule has 35 heavy (non-hydrogen) atoms. The number of hydrogen-bond acceptors (Lipinski definition) is 6. The highest BCUT2D eigenvalue weighted by atomic mass is 32.1. The first-order chi connectivity index (χ1) is 17.1. The van der Waals surface area contributed by atoms with Crippen molar-refractivity contribution in [2.75, 3.05) is 13.1 Å². The van der Waals surface area contributed by atoms with Gasteiger partial charge in [-0.3, -0.25) is 18.4 Å². The van der Waals surface area contributed by atoms with Crippen LogP contribution in [0.3, 0.4) is 0 Å². The molecule has 0 aliphatic carbocycles. The standard InChI is InChI=1S/C27H30N4O3S/c1-17-8-3-6-13-31-27(33)20-10-7-9-19(25(20)35-31)23-26(32)28-21-14-18(15-22(34-17)24(21)29-23)16-30-11-4-2-5-12-30/h7,9-10,14-15,17H,2-6,8,11-13,16H2,1H3,(H,28,32)/t17-/m1/s1. The van der Waals surface area contributed by atoms with E-state index in [1.807, 2.05) is 24.3 Å². The van der Waals surface area contributed by atoms with Crippen LogP contribution < -0.4 is 15.9 Å². The Morgan fingerprint density at radius 3 is 2.77 bits per heavy atom. The van der Waals surface area contributed by atoms with Gasteiger partial charge >= 0.3 is 0 Å². The average molecular weight is 491 g/mol. The molecule has 4 bridgehead atoms. The number of H-pyrrole nitrogens is 1. The van der Waals surface area contributed by atoms with Gasteiger partial charge in [0.1, 0.15) is 17.0 Å². The Kier molecular flexibility index (Phi) is 5.94. The first-order valence-electron chi connectivity index (χ1n) is 12.7. The maximum absolute atomic E-state index is 13.3. The lowest BCUT2D eigenvalue weighted by Crippen LogP contribution is -2.29. The second kappa shape index (κ2) is 9.24. The van der Waals surface area contributed by atoms with E-state index in [1.165, 1.54) is 30.8 Å². The predicted octanol–water partition coefficient (Wildman–Crippen LogP) is 4.90. The number of rotatable bonds is 2. The molecule has 0 spiro atoms. The molecule has 6 rings (SSSR count). The van der Waals surface area contributed by atoms with Gasteiger partial charge < -0.3 is 9.72 Å². The van der Waals surface area contributed by atoms with Crippen LogP contribution in [0.2, 0.25) is 0 Å². The zero-order valence-corrected chi connectivity index (χ0v) is 20.8. The van der Waals surface area contributed by atoms with Crippen molar-refractivity contribution in [2.24, 2.45) is 0 Å². The Hall–Kier alpha value is -2.97. The number of fused-ring (bicyclic) bond motifs is 3. The van der Waals surface area contributed by atoms with E-state index in [4.69, 9.17) is 9.72 Å². The lowest BCUT2D eigenvalue weighted by atomic mass is 10.1. The van der Waals surface area contributed by atoms with Crippen LogP contribution in [0.5, 0.6) is 5.75 Å². The Bertz CT molecular complexity index is 1510. The van der Waals surface area contributed by atoms with Crippen LogP contribution in [-0.4, -0.2) is 38.0 Å². The van der Waals surface area contributed by atoms with Gasteiger partial charge in [0.05, 0.1) is 21.7 Å². The van der Waals surface area contributed by atoms with Gasteiger partial charge in [0.2, 0.25) is 0 Å². The van der Waals surface area contributed by atoms with Crippen LogP contribution in [0.4, 0.5) is 0 Å². The summed E-state index contributed by atoms with van der Waals surface area (Å²) in [5, 5.41) is 0.644. The van der Waals surface area contributed by atoms with Gasteiger partial charge in [0.15, 0.2) is 0 Å². The van der Waals surface area contributed by atoms with Gasteiger partial charge in [-0.1, -0.05) is 30.1 Å². The minimum absolute atomic E-state index is 0.00194. The van der Waals surface area contributed by atoms with Crippen molar-refractivity contribution in [3.8, 4) is 17.0 Å². The molecule has 0 unspecified atom stereocenters. The Morgan fingerprint density at radius 1 is 1.09 bits per heavy atom. The zero-order valence-electron chi connectivity index (χ0n) is 20.0. The normalized spacial score (nSPS) is 19.3. The molecular weight excluding hydrogens is 460 g/mol. The average Bonchev–Trinajstić information content (AvgIpc) is 3.17. The third-order valence-electron chi connectivity index (χ3n) is 7.16. The van der Waals surface area contributed by atoms with E-state index in [0.717, 1.165) is 54.9 Å². The fraction of sp³-hybridized carbons (Fsp3) is 0.444. The van der Waals surface area contributed by atoms with Crippen molar-refractivity contribution in [2.45, 2.75) is 64.6 Å². The van der Waals surface area contributed by atoms with Gasteiger partial charge in [-0.2, -0.15) is 0 Å². The number of nitrogens with one attached hydrogen (secondary N) is 1. The maximum Gasteiger partial charge on any atom is 0.275 e. The first kappa shape index (κ1) is 22.5. The molecule has 0 saturated carbocycles. The van der Waals surface area contributed by atoms with E-state index >= 15 is 0 Å². The molecule has 8 heteroatoms. The van der Waals surface area contributed by atoms with E-state index in [-0.39, 0.29) is 17.2 Å². The van der Waals surface area contributed by atoms with Gasteiger partial charge in [-0.05, 0) is 75.9 Å². The number of likely N-dealkylation sites (tertiary alicyclic amines) is 1. The lowest BCUT2D eigenvalue weighted by molar-refractivity contribution is 0.206. The topological polar surface area (TPSA) is 80.2 Å². The number of nitrogens with zero attached hydrogens (tertiary/aromatic N) is 3. The van der Waals surface area contributed by atoms with E-state index in [2.05, 4.69) is 22.9 Å². The van der Waals surface area contributed by atoms with E-state index in [0.29, 0.717) is 34.2 Å². The summed E-state index contributed by atoms with van der Waals surface area (Å²) in [4.78, 5) is 36.7. The van der Waals surface area contributed by atoms with Crippen LogP contribution in [0, 0.1) is 0 Å². The summed E-state index contributed by atoms with van der Waals surface area (Å²) in [6, 6.07) is 9.69. The number of ether oxygens (including phenoxy) is 1. The number of benzene rings is 2. The van der Waals surface area contributed by atoms with E-state index in [9.17, 15) is 9.59 Å². The van der Waals surface area contributed by atoms with Gasteiger partial charge in [0, 0.05) is 18.7 Å². The van der Waals surface area contributed by atoms with Crippen LogP contribution in [0.1, 0.15) is 51.0 Å². The predicted molar refractivity (Wildman–Crippen MR) is 141 cm³/mol. The third kappa shape index (κ3) is 4.29. The summed E-state index contributed by atoms with van der Waals surface area (Å²) in [6.07, 6.45) is 6.52. The number of piperidine rings is 1. The summed E-state index contributed by atoms with van der Waals surface area (Å²) in [5.41, 5.74) is 3.26.